The van der Waals surface area contributed by atoms with Gasteiger partial charge in [-0.3, -0.25) is 18.7 Å². The molecule has 0 saturated carbocycles. The maximum Gasteiger partial charge on any atom is 0.358 e. The highest BCUT2D eigenvalue weighted by Gasteiger charge is 2.34. The fourth-order valence-electron chi connectivity index (χ4n) is 3.13. The number of nitrogens with one attached hydrogen (secondary N) is 1. The number of halogens is 1. The number of hydrogen-bond acceptors (Lipinski definition) is 7. The van der Waals surface area contributed by atoms with Gasteiger partial charge in [0.25, 0.3) is 11.5 Å². The number of rotatable bonds is 5. The highest BCUT2D eigenvalue weighted by atomic mass is 31.2. The number of hydrogen-bond donors (Lipinski definition) is 3. The largest absolute Gasteiger partial charge is 0.501 e. The van der Waals surface area contributed by atoms with Crippen LogP contribution in [0.3, 0.4) is 0 Å². The Bertz CT molecular complexity index is 1120. The van der Waals surface area contributed by atoms with E-state index in [1.54, 1.807) is 13.8 Å². The Morgan fingerprint density at radius 3 is 2.83 bits per heavy atom. The molecule has 12 heteroatoms. The average Bonchev–Trinajstić information content (AvgIpc) is 2.69. The summed E-state index contributed by atoms with van der Waals surface area (Å²) in [6.07, 6.45) is 0. The molecule has 1 amide bonds. The molecule has 1 aromatic heterocycles. The third-order valence-corrected chi connectivity index (χ3v) is 6.24. The Labute approximate surface area is 170 Å². The maximum absolute atomic E-state index is 13.5. The summed E-state index contributed by atoms with van der Waals surface area (Å²) in [7, 11) is -3.30. The first-order valence-electron chi connectivity index (χ1n) is 8.92. The van der Waals surface area contributed by atoms with E-state index >= 15 is 0 Å². The van der Waals surface area contributed by atoms with Gasteiger partial charge in [0.15, 0.2) is 5.69 Å². The normalized spacial score (nSPS) is 17.1. The van der Waals surface area contributed by atoms with Gasteiger partial charge in [-0.15, -0.1) is 0 Å². The molecule has 0 radical (unpaired) electrons. The summed E-state index contributed by atoms with van der Waals surface area (Å²) in [4.78, 5) is 39.1. The summed E-state index contributed by atoms with van der Waals surface area (Å²) in [6, 6.07) is 3.12. The SMILES string of the molecule is COP(=O)(O)c1cc(F)ccc1CNC(=O)c1nc2n(c(=O)c1O)CCOC2(C)C. The zero-order valence-electron chi connectivity index (χ0n) is 16.5. The molecular formula is C18H21FN3O7P. The van der Waals surface area contributed by atoms with E-state index in [2.05, 4.69) is 14.8 Å². The molecule has 162 valence electrons. The Balaban J connectivity index is 1.93. The number of aromatic nitrogens is 2. The molecular weight excluding hydrogens is 420 g/mol. The van der Waals surface area contributed by atoms with Crippen molar-refractivity contribution < 1.29 is 33.0 Å². The molecule has 1 atom stereocenters. The van der Waals surface area contributed by atoms with Gasteiger partial charge in [0.2, 0.25) is 5.75 Å². The number of carbonyl (C=O) groups is 1. The van der Waals surface area contributed by atoms with Crippen molar-refractivity contribution in [2.75, 3.05) is 13.7 Å². The van der Waals surface area contributed by atoms with Gasteiger partial charge in [-0.05, 0) is 31.5 Å². The lowest BCUT2D eigenvalue weighted by Gasteiger charge is -2.32. The van der Waals surface area contributed by atoms with Crippen LogP contribution in [-0.2, 0) is 32.5 Å². The van der Waals surface area contributed by atoms with E-state index in [-0.39, 0.29) is 36.4 Å². The molecule has 3 rings (SSSR count). The first kappa shape index (κ1) is 22.1. The first-order valence-corrected chi connectivity index (χ1v) is 10.5. The van der Waals surface area contributed by atoms with E-state index in [1.807, 2.05) is 0 Å². The van der Waals surface area contributed by atoms with Gasteiger partial charge >= 0.3 is 7.60 Å². The number of aromatic hydroxyl groups is 1. The van der Waals surface area contributed by atoms with Crippen LogP contribution in [0.4, 0.5) is 4.39 Å². The fourth-order valence-corrected chi connectivity index (χ4v) is 4.13. The number of nitrogens with zero attached hydrogens (tertiary/aromatic N) is 2. The molecule has 30 heavy (non-hydrogen) atoms. The minimum absolute atomic E-state index is 0.121. The summed E-state index contributed by atoms with van der Waals surface area (Å²) in [6.45, 7) is 3.49. The van der Waals surface area contributed by atoms with Gasteiger partial charge in [-0.25, -0.2) is 9.37 Å². The summed E-state index contributed by atoms with van der Waals surface area (Å²) in [5.41, 5.74) is -2.11. The van der Waals surface area contributed by atoms with Crippen LogP contribution >= 0.6 is 7.60 Å². The second kappa shape index (κ2) is 7.92. The highest BCUT2D eigenvalue weighted by Crippen LogP contribution is 2.40. The number of fused-ring (bicyclic) bond motifs is 1. The first-order chi connectivity index (χ1) is 14.0. The summed E-state index contributed by atoms with van der Waals surface area (Å²) < 4.78 is 37.1. The van der Waals surface area contributed by atoms with Crippen LogP contribution in [0.15, 0.2) is 23.0 Å². The maximum atomic E-state index is 13.5. The Hall–Kier alpha value is -2.59. The number of carbonyl (C=O) groups excluding carboxylic acids is 1. The summed E-state index contributed by atoms with van der Waals surface area (Å²) >= 11 is 0. The molecule has 1 aromatic carbocycles. The molecule has 0 saturated heterocycles. The third kappa shape index (κ3) is 4.01. The number of ether oxygens (including phenoxy) is 1. The Morgan fingerprint density at radius 1 is 1.47 bits per heavy atom. The average molecular weight is 441 g/mol. The van der Waals surface area contributed by atoms with Gasteiger partial charge in [0.05, 0.1) is 18.5 Å². The monoisotopic (exact) mass is 441 g/mol. The van der Waals surface area contributed by atoms with Crippen LogP contribution < -0.4 is 16.2 Å². The predicted molar refractivity (Wildman–Crippen MR) is 103 cm³/mol. The van der Waals surface area contributed by atoms with E-state index in [0.29, 0.717) is 0 Å². The van der Waals surface area contributed by atoms with Gasteiger partial charge in [-0.1, -0.05) is 6.07 Å². The van der Waals surface area contributed by atoms with Crippen molar-refractivity contribution in [2.45, 2.75) is 32.5 Å². The topological polar surface area (TPSA) is 140 Å². The van der Waals surface area contributed by atoms with Crippen molar-refractivity contribution in [1.82, 2.24) is 14.9 Å². The third-order valence-electron chi connectivity index (χ3n) is 4.72. The standard InChI is InChI=1S/C18H21FN3O7P/c1-18(2)17-21-13(14(23)16(25)22(17)6-7-29-18)15(24)20-9-10-4-5-11(19)8-12(10)30(26,27)28-3/h4-5,8,23H,6-7,9H2,1-3H3,(H,20,24)(H,26,27). The fraction of sp³-hybridized carbons (Fsp3) is 0.389. The summed E-state index contributed by atoms with van der Waals surface area (Å²) in [5.74, 6) is -2.29. The highest BCUT2D eigenvalue weighted by molar-refractivity contribution is 7.61. The van der Waals surface area contributed by atoms with E-state index in [4.69, 9.17) is 4.74 Å². The molecule has 3 N–H and O–H groups in total. The minimum Gasteiger partial charge on any atom is -0.501 e. The zero-order chi connectivity index (χ0) is 22.3. The van der Waals surface area contributed by atoms with Gasteiger partial charge in [0.1, 0.15) is 17.2 Å². The van der Waals surface area contributed by atoms with E-state index < -0.39 is 41.9 Å². The molecule has 0 spiro atoms. The molecule has 2 heterocycles. The molecule has 0 bridgehead atoms. The van der Waals surface area contributed by atoms with Crippen molar-refractivity contribution in [3.8, 4) is 5.75 Å². The van der Waals surface area contributed by atoms with E-state index in [0.717, 1.165) is 19.2 Å². The summed E-state index contributed by atoms with van der Waals surface area (Å²) in [5, 5.41) is 12.3. The van der Waals surface area contributed by atoms with Crippen LogP contribution in [0.1, 0.15) is 35.7 Å². The quantitative estimate of drug-likeness (QED) is 0.578. The van der Waals surface area contributed by atoms with E-state index in [9.17, 15) is 28.5 Å². The number of amides is 1. The molecule has 0 aliphatic carbocycles. The molecule has 0 fully saturated rings. The second-order valence-electron chi connectivity index (χ2n) is 7.11. The smallest absolute Gasteiger partial charge is 0.358 e. The van der Waals surface area contributed by atoms with Crippen LogP contribution in [0.5, 0.6) is 5.75 Å². The zero-order valence-corrected chi connectivity index (χ0v) is 17.4. The Morgan fingerprint density at radius 2 is 2.17 bits per heavy atom. The predicted octanol–water partition coefficient (Wildman–Crippen LogP) is 0.740. The van der Waals surface area contributed by atoms with Gasteiger partial charge < -0.3 is 24.6 Å². The lowest BCUT2D eigenvalue weighted by Crippen LogP contribution is -2.42. The number of benzene rings is 1. The van der Waals surface area contributed by atoms with Crippen molar-refractivity contribution in [2.24, 2.45) is 0 Å². The van der Waals surface area contributed by atoms with Crippen LogP contribution in [0.25, 0.3) is 0 Å². The van der Waals surface area contributed by atoms with E-state index in [1.165, 1.54) is 10.6 Å². The van der Waals surface area contributed by atoms with Crippen molar-refractivity contribution in [1.29, 1.82) is 0 Å². The van der Waals surface area contributed by atoms with Crippen molar-refractivity contribution >= 4 is 18.8 Å². The van der Waals surface area contributed by atoms with Crippen LogP contribution in [0.2, 0.25) is 0 Å². The second-order valence-corrected chi connectivity index (χ2v) is 8.99. The molecule has 1 aliphatic rings. The Kier molecular flexibility index (Phi) is 5.83. The molecule has 1 unspecified atom stereocenters. The molecule has 10 nitrogen and oxygen atoms in total. The van der Waals surface area contributed by atoms with Crippen LogP contribution in [0, 0.1) is 5.82 Å². The minimum atomic E-state index is -4.30. The molecule has 1 aliphatic heterocycles. The van der Waals surface area contributed by atoms with Gasteiger partial charge in [0, 0.05) is 13.7 Å². The van der Waals surface area contributed by atoms with Crippen LogP contribution in [-0.4, -0.2) is 39.2 Å². The lowest BCUT2D eigenvalue weighted by molar-refractivity contribution is -0.0566. The lowest BCUT2D eigenvalue weighted by atomic mass is 10.1. The van der Waals surface area contributed by atoms with Gasteiger partial charge in [-0.2, -0.15) is 0 Å². The van der Waals surface area contributed by atoms with Crippen molar-refractivity contribution in [3.05, 3.63) is 51.5 Å². The van der Waals surface area contributed by atoms with Crippen molar-refractivity contribution in [3.63, 3.8) is 0 Å². The molecule has 2 aromatic rings.